The van der Waals surface area contributed by atoms with Crippen molar-refractivity contribution in [2.24, 2.45) is 0 Å². The lowest BCUT2D eigenvalue weighted by Gasteiger charge is -2.00. The summed E-state index contributed by atoms with van der Waals surface area (Å²) in [5, 5.41) is 0. The van der Waals surface area contributed by atoms with Crippen molar-refractivity contribution in [2.75, 3.05) is 10.2 Å². The van der Waals surface area contributed by atoms with E-state index >= 15 is 0 Å². The molecule has 0 saturated carbocycles. The lowest BCUT2D eigenvalue weighted by atomic mass is 10.1. The molecule has 0 spiro atoms. The van der Waals surface area contributed by atoms with Crippen LogP contribution >= 0.6 is 22.6 Å². The van der Waals surface area contributed by atoms with E-state index in [0.717, 1.165) is 16.5 Å². The molecule has 10 heavy (non-hydrogen) atoms. The van der Waals surface area contributed by atoms with Gasteiger partial charge in [0.2, 0.25) is 0 Å². The Balaban J connectivity index is 2.81. The van der Waals surface area contributed by atoms with Crippen molar-refractivity contribution < 1.29 is 0 Å². The van der Waals surface area contributed by atoms with Crippen molar-refractivity contribution in [1.82, 2.24) is 0 Å². The normalized spacial score (nSPS) is 9.70. The molecule has 0 aliphatic rings. The summed E-state index contributed by atoms with van der Waals surface area (Å²) < 4.78 is 1.13. The smallest absolute Gasteiger partial charge is 0.0346 e. The van der Waals surface area contributed by atoms with Crippen LogP contribution in [0.1, 0.15) is 5.56 Å². The van der Waals surface area contributed by atoms with E-state index in [4.69, 9.17) is 5.73 Å². The zero-order valence-electron chi connectivity index (χ0n) is 5.68. The Morgan fingerprint density at radius 3 is 2.60 bits per heavy atom. The SMILES string of the molecule is Nc1ccccc1CCI. The highest BCUT2D eigenvalue weighted by molar-refractivity contribution is 14.1. The number of hydrogen-bond acceptors (Lipinski definition) is 1. The van der Waals surface area contributed by atoms with E-state index < -0.39 is 0 Å². The molecule has 0 aliphatic heterocycles. The Kier molecular flexibility index (Phi) is 2.99. The molecule has 0 heterocycles. The van der Waals surface area contributed by atoms with Gasteiger partial charge in [0, 0.05) is 10.1 Å². The first-order valence-electron chi connectivity index (χ1n) is 3.24. The molecule has 0 fully saturated rings. The van der Waals surface area contributed by atoms with Crippen LogP contribution < -0.4 is 5.73 Å². The van der Waals surface area contributed by atoms with Crippen molar-refractivity contribution in [2.45, 2.75) is 6.42 Å². The van der Waals surface area contributed by atoms with Crippen LogP contribution in [0.3, 0.4) is 0 Å². The molecule has 0 atom stereocenters. The number of alkyl halides is 1. The second-order valence-electron chi connectivity index (χ2n) is 2.14. The van der Waals surface area contributed by atoms with Crippen LogP contribution in [0.5, 0.6) is 0 Å². The quantitative estimate of drug-likeness (QED) is 0.484. The zero-order chi connectivity index (χ0) is 7.40. The van der Waals surface area contributed by atoms with Crippen molar-refractivity contribution >= 4 is 28.3 Å². The van der Waals surface area contributed by atoms with Crippen LogP contribution in [-0.2, 0) is 6.42 Å². The molecule has 0 saturated heterocycles. The molecule has 0 aliphatic carbocycles. The summed E-state index contributed by atoms with van der Waals surface area (Å²) in [5.41, 5.74) is 7.88. The van der Waals surface area contributed by atoms with E-state index in [9.17, 15) is 0 Å². The van der Waals surface area contributed by atoms with Crippen molar-refractivity contribution in [1.29, 1.82) is 0 Å². The average Bonchev–Trinajstić information content (AvgIpc) is 1.94. The second kappa shape index (κ2) is 3.81. The van der Waals surface area contributed by atoms with Crippen molar-refractivity contribution in [3.05, 3.63) is 29.8 Å². The number of halogens is 1. The van der Waals surface area contributed by atoms with E-state index in [1.165, 1.54) is 5.56 Å². The maximum Gasteiger partial charge on any atom is 0.0346 e. The number of benzene rings is 1. The molecule has 0 bridgehead atoms. The first kappa shape index (κ1) is 7.85. The lowest BCUT2D eigenvalue weighted by molar-refractivity contribution is 1.18. The second-order valence-corrected chi connectivity index (χ2v) is 3.22. The summed E-state index contributed by atoms with van der Waals surface area (Å²) in [5.74, 6) is 0. The van der Waals surface area contributed by atoms with E-state index in [1.807, 2.05) is 18.2 Å². The molecule has 2 N–H and O–H groups in total. The van der Waals surface area contributed by atoms with Gasteiger partial charge in [-0.05, 0) is 18.1 Å². The molecule has 2 heteroatoms. The molecule has 1 nitrogen and oxygen atoms in total. The van der Waals surface area contributed by atoms with Gasteiger partial charge in [-0.1, -0.05) is 40.8 Å². The van der Waals surface area contributed by atoms with Crippen LogP contribution in [-0.4, -0.2) is 4.43 Å². The Hall–Kier alpha value is -0.250. The number of nitrogens with two attached hydrogens (primary N) is 1. The van der Waals surface area contributed by atoms with Crippen LogP contribution in [0.25, 0.3) is 0 Å². The summed E-state index contributed by atoms with van der Waals surface area (Å²) in [6.07, 6.45) is 1.08. The number of anilines is 1. The van der Waals surface area contributed by atoms with Crippen LogP contribution in [0.2, 0.25) is 0 Å². The van der Waals surface area contributed by atoms with Crippen molar-refractivity contribution in [3.63, 3.8) is 0 Å². The Morgan fingerprint density at radius 1 is 1.30 bits per heavy atom. The maximum absolute atomic E-state index is 5.70. The van der Waals surface area contributed by atoms with Crippen LogP contribution in [0.4, 0.5) is 5.69 Å². The highest BCUT2D eigenvalue weighted by Crippen LogP contribution is 2.11. The zero-order valence-corrected chi connectivity index (χ0v) is 7.84. The first-order chi connectivity index (χ1) is 4.84. The fraction of sp³-hybridized carbons (Fsp3) is 0.250. The first-order valence-corrected chi connectivity index (χ1v) is 4.76. The number of hydrogen-bond donors (Lipinski definition) is 1. The largest absolute Gasteiger partial charge is 0.399 e. The molecule has 0 amide bonds. The van der Waals surface area contributed by atoms with Crippen molar-refractivity contribution in [3.8, 4) is 0 Å². The Labute approximate surface area is 74.8 Å². The molecular weight excluding hydrogens is 237 g/mol. The molecular formula is C8H10IN. The molecule has 54 valence electrons. The summed E-state index contributed by atoms with van der Waals surface area (Å²) >= 11 is 2.35. The van der Waals surface area contributed by atoms with Gasteiger partial charge < -0.3 is 5.73 Å². The Bertz CT molecular complexity index is 210. The minimum atomic E-state index is 0.916. The van der Waals surface area contributed by atoms with E-state index in [1.54, 1.807) is 0 Å². The third-order valence-electron chi connectivity index (χ3n) is 1.42. The minimum Gasteiger partial charge on any atom is -0.399 e. The van der Waals surface area contributed by atoms with Gasteiger partial charge in [-0.15, -0.1) is 0 Å². The Morgan fingerprint density at radius 2 is 2.00 bits per heavy atom. The van der Waals surface area contributed by atoms with Gasteiger partial charge in [0.25, 0.3) is 0 Å². The molecule has 0 unspecified atom stereocenters. The van der Waals surface area contributed by atoms with Gasteiger partial charge in [-0.3, -0.25) is 0 Å². The number of para-hydroxylation sites is 1. The fourth-order valence-electron chi connectivity index (χ4n) is 0.864. The fourth-order valence-corrected chi connectivity index (χ4v) is 1.44. The summed E-state index contributed by atoms with van der Waals surface area (Å²) in [4.78, 5) is 0. The predicted octanol–water partition coefficient (Wildman–Crippen LogP) is 2.25. The molecule has 1 aromatic carbocycles. The van der Waals surface area contributed by atoms with Crippen LogP contribution in [0, 0.1) is 0 Å². The number of rotatable bonds is 2. The highest BCUT2D eigenvalue weighted by atomic mass is 127. The molecule has 1 rings (SSSR count). The van der Waals surface area contributed by atoms with E-state index in [0.29, 0.717) is 0 Å². The van der Waals surface area contributed by atoms with Gasteiger partial charge in [0.05, 0.1) is 0 Å². The third-order valence-corrected chi connectivity index (χ3v) is 1.96. The predicted molar refractivity (Wildman–Crippen MR) is 53.4 cm³/mol. The monoisotopic (exact) mass is 247 g/mol. The highest BCUT2D eigenvalue weighted by Gasteiger charge is 1.93. The van der Waals surface area contributed by atoms with Gasteiger partial charge >= 0.3 is 0 Å². The summed E-state index contributed by atoms with van der Waals surface area (Å²) in [6.45, 7) is 0. The molecule has 0 aromatic heterocycles. The number of nitrogen functional groups attached to an aromatic ring is 1. The summed E-state index contributed by atoms with van der Waals surface area (Å²) in [6, 6.07) is 8.01. The molecule has 1 aromatic rings. The third kappa shape index (κ3) is 1.87. The average molecular weight is 247 g/mol. The summed E-state index contributed by atoms with van der Waals surface area (Å²) in [7, 11) is 0. The number of aryl methyl sites for hydroxylation is 1. The lowest BCUT2D eigenvalue weighted by Crippen LogP contribution is -1.93. The van der Waals surface area contributed by atoms with E-state index in [2.05, 4.69) is 28.7 Å². The van der Waals surface area contributed by atoms with Gasteiger partial charge in [-0.25, -0.2) is 0 Å². The van der Waals surface area contributed by atoms with Crippen LogP contribution in [0.15, 0.2) is 24.3 Å². The van der Waals surface area contributed by atoms with Gasteiger partial charge in [-0.2, -0.15) is 0 Å². The minimum absolute atomic E-state index is 0.916. The molecule has 0 radical (unpaired) electrons. The van der Waals surface area contributed by atoms with Gasteiger partial charge in [0.1, 0.15) is 0 Å². The maximum atomic E-state index is 5.70. The topological polar surface area (TPSA) is 26.0 Å². The van der Waals surface area contributed by atoms with E-state index in [-0.39, 0.29) is 0 Å². The standard InChI is InChI=1S/C8H10IN/c9-6-5-7-3-1-2-4-8(7)10/h1-4H,5-6,10H2. The van der Waals surface area contributed by atoms with Gasteiger partial charge in [0.15, 0.2) is 0 Å².